The molecule has 1 aliphatic heterocycles. The van der Waals surface area contributed by atoms with E-state index < -0.39 is 0 Å². The number of nitrogens with one attached hydrogen (secondary N) is 1. The smallest absolute Gasteiger partial charge is 0.251 e. The van der Waals surface area contributed by atoms with E-state index in [1.54, 1.807) is 18.4 Å². The topological polar surface area (TPSA) is 60.5 Å². The predicted molar refractivity (Wildman–Crippen MR) is 102 cm³/mol. The third kappa shape index (κ3) is 3.24. The Kier molecular flexibility index (Phi) is 4.51. The number of rotatable bonds is 4. The highest BCUT2D eigenvalue weighted by Crippen LogP contribution is 2.35. The van der Waals surface area contributed by atoms with Crippen LogP contribution in [0.25, 0.3) is 10.2 Å². The fraction of sp³-hybridized carbons (Fsp3) is 0.300. The summed E-state index contributed by atoms with van der Waals surface area (Å²) < 4.78 is 12.3. The first-order chi connectivity index (χ1) is 12.6. The number of methoxy groups -OCH3 is 1. The molecule has 0 saturated heterocycles. The Labute approximate surface area is 156 Å². The summed E-state index contributed by atoms with van der Waals surface area (Å²) in [5.74, 6) is 1.75. The number of hydrogen-bond donors (Lipinski definition) is 1. The molecule has 4 rings (SSSR count). The number of carbonyl (C=O) groups is 1. The summed E-state index contributed by atoms with van der Waals surface area (Å²) in [5, 5.41) is 4.03. The number of thiazole rings is 1. The highest BCUT2D eigenvalue weighted by Gasteiger charge is 2.23. The molecule has 0 fully saturated rings. The van der Waals surface area contributed by atoms with Gasteiger partial charge in [-0.25, -0.2) is 4.98 Å². The number of nitrogens with zero attached hydrogens (tertiary/aromatic N) is 1. The van der Waals surface area contributed by atoms with E-state index in [0.29, 0.717) is 18.7 Å². The van der Waals surface area contributed by atoms with Crippen LogP contribution in [0.4, 0.5) is 0 Å². The number of amides is 1. The Morgan fingerprint density at radius 2 is 2.27 bits per heavy atom. The third-order valence-electron chi connectivity index (χ3n) is 4.56. The first kappa shape index (κ1) is 16.8. The molecule has 0 spiro atoms. The van der Waals surface area contributed by atoms with Crippen LogP contribution in [0.1, 0.15) is 20.9 Å². The Morgan fingerprint density at radius 3 is 3.12 bits per heavy atom. The summed E-state index contributed by atoms with van der Waals surface area (Å²) in [5.41, 5.74) is 2.64. The molecule has 0 bridgehead atoms. The maximum absolute atomic E-state index is 12.5. The number of ether oxygens (including phenoxy) is 2. The van der Waals surface area contributed by atoms with Crippen LogP contribution in [0, 0.1) is 12.8 Å². The Balaban J connectivity index is 1.41. The van der Waals surface area contributed by atoms with Crippen molar-refractivity contribution in [2.45, 2.75) is 13.3 Å². The van der Waals surface area contributed by atoms with Gasteiger partial charge in [-0.2, -0.15) is 0 Å². The van der Waals surface area contributed by atoms with Crippen molar-refractivity contribution in [2.75, 3.05) is 20.3 Å². The van der Waals surface area contributed by atoms with E-state index in [1.165, 1.54) is 0 Å². The van der Waals surface area contributed by atoms with Gasteiger partial charge in [-0.15, -0.1) is 11.3 Å². The number of para-hydroxylation sites is 1. The minimum absolute atomic E-state index is 0.0750. The van der Waals surface area contributed by atoms with Gasteiger partial charge < -0.3 is 14.8 Å². The van der Waals surface area contributed by atoms with Gasteiger partial charge in [-0.1, -0.05) is 12.1 Å². The first-order valence-corrected chi connectivity index (χ1v) is 9.40. The SMILES string of the molecule is COc1cccc2c1OC[C@H](CNC(=O)c1ccc3sc(C)nc3c1)C2. The zero-order chi connectivity index (χ0) is 18.1. The van der Waals surface area contributed by atoms with E-state index in [2.05, 4.69) is 10.3 Å². The summed E-state index contributed by atoms with van der Waals surface area (Å²) in [6, 6.07) is 11.6. The van der Waals surface area contributed by atoms with E-state index in [4.69, 9.17) is 9.47 Å². The highest BCUT2D eigenvalue weighted by molar-refractivity contribution is 7.18. The lowest BCUT2D eigenvalue weighted by Gasteiger charge is -2.26. The molecular formula is C20H20N2O3S. The number of aryl methyl sites for hydroxylation is 1. The van der Waals surface area contributed by atoms with E-state index >= 15 is 0 Å². The summed E-state index contributed by atoms with van der Waals surface area (Å²) in [6.07, 6.45) is 0.858. The summed E-state index contributed by atoms with van der Waals surface area (Å²) in [6.45, 7) is 3.11. The number of hydrogen-bond acceptors (Lipinski definition) is 5. The molecule has 0 saturated carbocycles. The molecule has 1 N–H and O–H groups in total. The molecule has 134 valence electrons. The van der Waals surface area contributed by atoms with E-state index in [1.807, 2.05) is 43.3 Å². The molecule has 0 unspecified atom stereocenters. The largest absolute Gasteiger partial charge is 0.493 e. The minimum Gasteiger partial charge on any atom is -0.493 e. The summed E-state index contributed by atoms with van der Waals surface area (Å²) >= 11 is 1.64. The van der Waals surface area contributed by atoms with Crippen molar-refractivity contribution in [2.24, 2.45) is 5.92 Å². The van der Waals surface area contributed by atoms with Gasteiger partial charge in [-0.3, -0.25) is 4.79 Å². The lowest BCUT2D eigenvalue weighted by Crippen LogP contribution is -2.34. The van der Waals surface area contributed by atoms with Crippen molar-refractivity contribution in [1.82, 2.24) is 10.3 Å². The van der Waals surface area contributed by atoms with Crippen LogP contribution < -0.4 is 14.8 Å². The number of fused-ring (bicyclic) bond motifs is 2. The van der Waals surface area contributed by atoms with Gasteiger partial charge in [0, 0.05) is 18.0 Å². The quantitative estimate of drug-likeness (QED) is 0.764. The zero-order valence-electron chi connectivity index (χ0n) is 14.7. The number of aromatic nitrogens is 1. The van der Waals surface area contributed by atoms with Crippen molar-refractivity contribution < 1.29 is 14.3 Å². The molecule has 2 aromatic carbocycles. The molecule has 1 amide bonds. The first-order valence-electron chi connectivity index (χ1n) is 8.58. The predicted octanol–water partition coefficient (Wildman–Crippen LogP) is 3.59. The fourth-order valence-corrected chi connectivity index (χ4v) is 4.08. The number of benzene rings is 2. The molecule has 26 heavy (non-hydrogen) atoms. The second kappa shape index (κ2) is 6.96. The zero-order valence-corrected chi connectivity index (χ0v) is 15.6. The maximum atomic E-state index is 12.5. The normalized spacial score (nSPS) is 16.0. The van der Waals surface area contributed by atoms with Crippen LogP contribution in [-0.2, 0) is 6.42 Å². The average molecular weight is 368 g/mol. The Bertz CT molecular complexity index is 967. The molecule has 2 heterocycles. The molecule has 0 radical (unpaired) electrons. The van der Waals surface area contributed by atoms with Crippen molar-refractivity contribution in [3.63, 3.8) is 0 Å². The van der Waals surface area contributed by atoms with E-state index in [-0.39, 0.29) is 11.8 Å². The van der Waals surface area contributed by atoms with Crippen LogP contribution in [0.2, 0.25) is 0 Å². The van der Waals surface area contributed by atoms with Gasteiger partial charge in [0.1, 0.15) is 0 Å². The monoisotopic (exact) mass is 368 g/mol. The molecular weight excluding hydrogens is 348 g/mol. The second-order valence-corrected chi connectivity index (χ2v) is 7.69. The lowest BCUT2D eigenvalue weighted by atomic mass is 9.96. The average Bonchev–Trinajstić information content (AvgIpc) is 3.04. The van der Waals surface area contributed by atoms with Crippen LogP contribution in [0.15, 0.2) is 36.4 Å². The van der Waals surface area contributed by atoms with Crippen LogP contribution >= 0.6 is 11.3 Å². The van der Waals surface area contributed by atoms with Crippen molar-refractivity contribution >= 4 is 27.5 Å². The van der Waals surface area contributed by atoms with Gasteiger partial charge in [0.2, 0.25) is 0 Å². The molecule has 0 aliphatic carbocycles. The van der Waals surface area contributed by atoms with Crippen molar-refractivity contribution in [1.29, 1.82) is 0 Å². The number of carbonyl (C=O) groups excluding carboxylic acids is 1. The van der Waals surface area contributed by atoms with E-state index in [9.17, 15) is 4.79 Å². The van der Waals surface area contributed by atoms with Crippen molar-refractivity contribution in [3.05, 3.63) is 52.5 Å². The van der Waals surface area contributed by atoms with E-state index in [0.717, 1.165) is 38.7 Å². The molecule has 1 aliphatic rings. The van der Waals surface area contributed by atoms with Gasteiger partial charge in [0.25, 0.3) is 5.91 Å². The standard InChI is InChI=1S/C20H20N2O3S/c1-12-22-16-9-15(6-7-18(16)26-12)20(23)21-10-13-8-14-4-3-5-17(24-2)19(14)25-11-13/h3-7,9,13H,8,10-11H2,1-2H3,(H,21,23)/t13-/m0/s1. The highest BCUT2D eigenvalue weighted by atomic mass is 32.1. The van der Waals surface area contributed by atoms with Crippen LogP contribution in [-0.4, -0.2) is 31.2 Å². The van der Waals surface area contributed by atoms with Crippen LogP contribution in [0.3, 0.4) is 0 Å². The lowest BCUT2D eigenvalue weighted by molar-refractivity contribution is 0.0938. The summed E-state index contributed by atoms with van der Waals surface area (Å²) in [7, 11) is 1.64. The fourth-order valence-electron chi connectivity index (χ4n) is 3.27. The Morgan fingerprint density at radius 1 is 1.38 bits per heavy atom. The van der Waals surface area contributed by atoms with Gasteiger partial charge in [0.15, 0.2) is 11.5 Å². The molecule has 1 atom stereocenters. The summed E-state index contributed by atoms with van der Waals surface area (Å²) in [4.78, 5) is 16.9. The Hall–Kier alpha value is -2.60. The van der Waals surface area contributed by atoms with Gasteiger partial charge in [0.05, 0.1) is 28.9 Å². The van der Waals surface area contributed by atoms with Crippen molar-refractivity contribution in [3.8, 4) is 11.5 Å². The second-order valence-electron chi connectivity index (χ2n) is 6.46. The molecule has 3 aromatic rings. The molecule has 6 heteroatoms. The maximum Gasteiger partial charge on any atom is 0.251 e. The molecule has 1 aromatic heterocycles. The van der Waals surface area contributed by atoms with Gasteiger partial charge in [-0.05, 0) is 43.2 Å². The minimum atomic E-state index is -0.0750. The third-order valence-corrected chi connectivity index (χ3v) is 5.51. The van der Waals surface area contributed by atoms with Crippen LogP contribution in [0.5, 0.6) is 11.5 Å². The van der Waals surface area contributed by atoms with Gasteiger partial charge >= 0.3 is 0 Å². The molecule has 5 nitrogen and oxygen atoms in total.